The van der Waals surface area contributed by atoms with Gasteiger partial charge in [0.15, 0.2) is 0 Å². The molecular formula is C13H10BrClN2S. The van der Waals surface area contributed by atoms with Gasteiger partial charge in [-0.05, 0) is 45.1 Å². The van der Waals surface area contributed by atoms with E-state index in [1.807, 2.05) is 29.6 Å². The highest BCUT2D eigenvalue weighted by Crippen LogP contribution is 2.26. The Morgan fingerprint density at radius 3 is 2.89 bits per heavy atom. The molecule has 1 unspecified atom stereocenters. The molecule has 2 rings (SSSR count). The van der Waals surface area contributed by atoms with E-state index in [0.29, 0.717) is 11.6 Å². The van der Waals surface area contributed by atoms with Crippen molar-refractivity contribution in [1.29, 1.82) is 5.26 Å². The van der Waals surface area contributed by atoms with Gasteiger partial charge in [-0.25, -0.2) is 0 Å². The summed E-state index contributed by atoms with van der Waals surface area (Å²) in [6.45, 7) is 0.684. The second-order valence-electron chi connectivity index (χ2n) is 3.70. The maximum absolute atomic E-state index is 9.20. The Hall–Kier alpha value is -0.860. The number of thiophene rings is 1. The van der Waals surface area contributed by atoms with Gasteiger partial charge in [-0.15, -0.1) is 11.3 Å². The van der Waals surface area contributed by atoms with Gasteiger partial charge in [0.25, 0.3) is 0 Å². The van der Waals surface area contributed by atoms with Crippen molar-refractivity contribution in [1.82, 2.24) is 5.32 Å². The standard InChI is InChI=1S/C13H10BrClN2S/c14-11-4-3-9(6-12(11)15)13(7-16)17-8-10-2-1-5-18-10/h1-6,13,17H,8H2. The smallest absolute Gasteiger partial charge is 0.121 e. The van der Waals surface area contributed by atoms with Gasteiger partial charge in [0, 0.05) is 15.9 Å². The molecule has 0 aliphatic heterocycles. The van der Waals surface area contributed by atoms with E-state index in [1.165, 1.54) is 4.88 Å². The zero-order valence-electron chi connectivity index (χ0n) is 9.36. The molecule has 0 amide bonds. The molecule has 5 heteroatoms. The molecule has 2 nitrogen and oxygen atoms in total. The van der Waals surface area contributed by atoms with Crippen LogP contribution < -0.4 is 5.32 Å². The number of hydrogen-bond acceptors (Lipinski definition) is 3. The van der Waals surface area contributed by atoms with Gasteiger partial charge in [-0.2, -0.15) is 5.26 Å². The van der Waals surface area contributed by atoms with Gasteiger partial charge in [0.1, 0.15) is 6.04 Å². The molecule has 1 aromatic carbocycles. The third-order valence-electron chi connectivity index (χ3n) is 2.47. The van der Waals surface area contributed by atoms with Gasteiger partial charge < -0.3 is 0 Å². The first kappa shape index (κ1) is 13.6. The molecule has 18 heavy (non-hydrogen) atoms. The number of benzene rings is 1. The summed E-state index contributed by atoms with van der Waals surface area (Å²) >= 11 is 11.0. The maximum Gasteiger partial charge on any atom is 0.121 e. The number of nitrogens with zero attached hydrogens (tertiary/aromatic N) is 1. The van der Waals surface area contributed by atoms with Crippen molar-refractivity contribution in [3.05, 3.63) is 55.6 Å². The van der Waals surface area contributed by atoms with Gasteiger partial charge in [-0.3, -0.25) is 5.32 Å². The monoisotopic (exact) mass is 340 g/mol. The van der Waals surface area contributed by atoms with E-state index in [0.717, 1.165) is 10.0 Å². The van der Waals surface area contributed by atoms with Crippen LogP contribution in [0.4, 0.5) is 0 Å². The van der Waals surface area contributed by atoms with Gasteiger partial charge in [-0.1, -0.05) is 23.7 Å². The normalized spacial score (nSPS) is 12.1. The van der Waals surface area contributed by atoms with Gasteiger partial charge >= 0.3 is 0 Å². The minimum atomic E-state index is -0.349. The van der Waals surface area contributed by atoms with Crippen molar-refractivity contribution in [2.24, 2.45) is 0 Å². The quantitative estimate of drug-likeness (QED) is 0.887. The Morgan fingerprint density at radius 1 is 1.44 bits per heavy atom. The summed E-state index contributed by atoms with van der Waals surface area (Å²) in [6.07, 6.45) is 0. The van der Waals surface area contributed by atoms with Crippen LogP contribution in [0.5, 0.6) is 0 Å². The zero-order valence-corrected chi connectivity index (χ0v) is 12.5. The highest BCUT2D eigenvalue weighted by Gasteiger charge is 2.11. The van der Waals surface area contributed by atoms with Crippen LogP contribution in [0.2, 0.25) is 5.02 Å². The summed E-state index contributed by atoms with van der Waals surface area (Å²) in [4.78, 5) is 1.21. The first-order valence-electron chi connectivity index (χ1n) is 5.31. The number of hydrogen-bond donors (Lipinski definition) is 1. The summed E-state index contributed by atoms with van der Waals surface area (Å²) in [7, 11) is 0. The topological polar surface area (TPSA) is 35.8 Å². The third-order valence-corrected chi connectivity index (χ3v) is 4.58. The van der Waals surface area contributed by atoms with E-state index in [9.17, 15) is 5.26 Å². The molecule has 0 radical (unpaired) electrons. The molecule has 1 heterocycles. The van der Waals surface area contributed by atoms with Crippen LogP contribution in [0, 0.1) is 11.3 Å². The van der Waals surface area contributed by atoms with E-state index in [2.05, 4.69) is 27.3 Å². The van der Waals surface area contributed by atoms with E-state index in [1.54, 1.807) is 17.4 Å². The molecule has 1 atom stereocenters. The van der Waals surface area contributed by atoms with Crippen molar-refractivity contribution < 1.29 is 0 Å². The molecule has 92 valence electrons. The van der Waals surface area contributed by atoms with Crippen molar-refractivity contribution in [2.45, 2.75) is 12.6 Å². The molecule has 2 aromatic rings. The molecule has 1 N–H and O–H groups in total. The molecule has 0 saturated carbocycles. The van der Waals surface area contributed by atoms with Crippen molar-refractivity contribution in [3.8, 4) is 6.07 Å². The predicted molar refractivity (Wildman–Crippen MR) is 78.7 cm³/mol. The van der Waals surface area contributed by atoms with E-state index < -0.39 is 0 Å². The molecule has 0 bridgehead atoms. The molecule has 0 aliphatic rings. The summed E-state index contributed by atoms with van der Waals surface area (Å²) in [5.41, 5.74) is 0.877. The van der Waals surface area contributed by atoms with Crippen LogP contribution in [-0.2, 0) is 6.54 Å². The Morgan fingerprint density at radius 2 is 2.28 bits per heavy atom. The van der Waals surface area contributed by atoms with Crippen LogP contribution >= 0.6 is 38.9 Å². The minimum absolute atomic E-state index is 0.349. The summed E-state index contributed by atoms with van der Waals surface area (Å²) in [5.74, 6) is 0. The average Bonchev–Trinajstić information content (AvgIpc) is 2.87. The van der Waals surface area contributed by atoms with E-state index in [-0.39, 0.29) is 6.04 Å². The summed E-state index contributed by atoms with van der Waals surface area (Å²) in [5, 5.41) is 15.1. The lowest BCUT2D eigenvalue weighted by Gasteiger charge is -2.11. The van der Waals surface area contributed by atoms with Crippen LogP contribution in [0.1, 0.15) is 16.5 Å². The number of halogens is 2. The molecular weight excluding hydrogens is 332 g/mol. The molecule has 0 spiro atoms. The second-order valence-corrected chi connectivity index (χ2v) is 5.99. The lowest BCUT2D eigenvalue weighted by atomic mass is 10.1. The number of rotatable bonds is 4. The lowest BCUT2D eigenvalue weighted by Crippen LogP contribution is -2.18. The van der Waals surface area contributed by atoms with Gasteiger partial charge in [0.05, 0.1) is 11.1 Å². The van der Waals surface area contributed by atoms with Crippen molar-refractivity contribution in [2.75, 3.05) is 0 Å². The first-order valence-corrected chi connectivity index (χ1v) is 7.36. The summed E-state index contributed by atoms with van der Waals surface area (Å²) in [6, 6.07) is 11.5. The van der Waals surface area contributed by atoms with Crippen LogP contribution in [0.15, 0.2) is 40.2 Å². The molecule has 1 aromatic heterocycles. The van der Waals surface area contributed by atoms with Crippen molar-refractivity contribution >= 4 is 38.9 Å². The van der Waals surface area contributed by atoms with Crippen molar-refractivity contribution in [3.63, 3.8) is 0 Å². The first-order chi connectivity index (χ1) is 8.70. The predicted octanol–water partition coefficient (Wildman–Crippen LogP) is 4.52. The molecule has 0 aliphatic carbocycles. The highest BCUT2D eigenvalue weighted by molar-refractivity contribution is 9.10. The lowest BCUT2D eigenvalue weighted by molar-refractivity contribution is 0.636. The van der Waals surface area contributed by atoms with E-state index >= 15 is 0 Å². The Labute approximate surface area is 123 Å². The Balaban J connectivity index is 2.08. The van der Waals surface area contributed by atoms with Gasteiger partial charge in [0.2, 0.25) is 0 Å². The highest BCUT2D eigenvalue weighted by atomic mass is 79.9. The average molecular weight is 342 g/mol. The zero-order chi connectivity index (χ0) is 13.0. The summed E-state index contributed by atoms with van der Waals surface area (Å²) < 4.78 is 0.836. The minimum Gasteiger partial charge on any atom is -0.293 e. The fourth-order valence-electron chi connectivity index (χ4n) is 1.55. The number of nitrogens with one attached hydrogen (secondary N) is 1. The van der Waals surface area contributed by atoms with Crippen LogP contribution in [-0.4, -0.2) is 0 Å². The second kappa shape index (κ2) is 6.35. The van der Waals surface area contributed by atoms with Crippen LogP contribution in [0.3, 0.4) is 0 Å². The maximum atomic E-state index is 9.20. The fraction of sp³-hybridized carbons (Fsp3) is 0.154. The SMILES string of the molecule is N#CC(NCc1cccs1)c1ccc(Br)c(Cl)c1. The molecule has 0 fully saturated rings. The largest absolute Gasteiger partial charge is 0.293 e. The third kappa shape index (κ3) is 3.33. The Bertz CT molecular complexity index is 563. The molecule has 0 saturated heterocycles. The number of nitriles is 1. The fourth-order valence-corrected chi connectivity index (χ4v) is 2.64. The van der Waals surface area contributed by atoms with Crippen LogP contribution in [0.25, 0.3) is 0 Å². The van der Waals surface area contributed by atoms with E-state index in [4.69, 9.17) is 11.6 Å². The Kier molecular flexibility index (Phi) is 4.79.